The van der Waals surface area contributed by atoms with E-state index in [1.54, 1.807) is 0 Å². The highest BCUT2D eigenvalue weighted by atomic mass is 16.1. The molecule has 0 spiro atoms. The number of para-hydroxylation sites is 1. The maximum atomic E-state index is 12.1. The molecule has 1 aromatic carbocycles. The molecule has 1 atom stereocenters. The van der Waals surface area contributed by atoms with E-state index in [2.05, 4.69) is 10.6 Å². The van der Waals surface area contributed by atoms with Gasteiger partial charge in [-0.2, -0.15) is 0 Å². The summed E-state index contributed by atoms with van der Waals surface area (Å²) < 4.78 is 0. The van der Waals surface area contributed by atoms with Crippen molar-refractivity contribution < 1.29 is 4.79 Å². The molecule has 17 heavy (non-hydrogen) atoms. The van der Waals surface area contributed by atoms with E-state index < -0.39 is 0 Å². The van der Waals surface area contributed by atoms with Crippen molar-refractivity contribution in [1.29, 1.82) is 0 Å². The van der Waals surface area contributed by atoms with Gasteiger partial charge in [0.1, 0.15) is 0 Å². The molecule has 1 aromatic rings. The minimum absolute atomic E-state index is 0.114. The Kier molecular flexibility index (Phi) is 3.79. The largest absolute Gasteiger partial charge is 0.325 e. The standard InChI is InChI=1S/C14H20N2O/c1-10-5-3-6-11(2)13(10)16-14(17)12-7-4-8-15-9-12/h3,5-6,12,15H,4,7-9H2,1-2H3,(H,16,17)/t12-/m0/s1. The molecule has 1 aliphatic heterocycles. The maximum Gasteiger partial charge on any atom is 0.228 e. The summed E-state index contributed by atoms with van der Waals surface area (Å²) in [5, 5.41) is 6.34. The second-order valence-electron chi connectivity index (χ2n) is 4.80. The zero-order valence-electron chi connectivity index (χ0n) is 10.5. The summed E-state index contributed by atoms with van der Waals surface area (Å²) in [5.41, 5.74) is 3.23. The third-order valence-electron chi connectivity index (χ3n) is 3.40. The molecule has 2 N–H and O–H groups in total. The van der Waals surface area contributed by atoms with Gasteiger partial charge in [0.05, 0.1) is 5.92 Å². The molecule has 2 rings (SSSR count). The van der Waals surface area contributed by atoms with Crippen LogP contribution in [0.15, 0.2) is 18.2 Å². The predicted molar refractivity (Wildman–Crippen MR) is 70.1 cm³/mol. The molecular weight excluding hydrogens is 212 g/mol. The van der Waals surface area contributed by atoms with Gasteiger partial charge in [0.25, 0.3) is 0 Å². The lowest BCUT2D eigenvalue weighted by Gasteiger charge is -2.22. The molecule has 1 heterocycles. The zero-order valence-corrected chi connectivity index (χ0v) is 10.5. The van der Waals surface area contributed by atoms with Crippen LogP contribution in [0.25, 0.3) is 0 Å². The highest BCUT2D eigenvalue weighted by molar-refractivity contribution is 5.94. The number of hydrogen-bond donors (Lipinski definition) is 2. The van der Waals surface area contributed by atoms with Crippen molar-refractivity contribution in [1.82, 2.24) is 5.32 Å². The maximum absolute atomic E-state index is 12.1. The van der Waals surface area contributed by atoms with Gasteiger partial charge in [0.15, 0.2) is 0 Å². The minimum Gasteiger partial charge on any atom is -0.325 e. The third-order valence-corrected chi connectivity index (χ3v) is 3.40. The van der Waals surface area contributed by atoms with Crippen LogP contribution in [0.4, 0.5) is 5.69 Å². The van der Waals surface area contributed by atoms with E-state index in [9.17, 15) is 4.79 Å². The van der Waals surface area contributed by atoms with Crippen molar-refractivity contribution >= 4 is 11.6 Å². The molecule has 3 heteroatoms. The number of anilines is 1. The van der Waals surface area contributed by atoms with E-state index in [0.29, 0.717) is 0 Å². The average Bonchev–Trinajstić information content (AvgIpc) is 2.35. The van der Waals surface area contributed by atoms with Gasteiger partial charge >= 0.3 is 0 Å². The number of piperidine rings is 1. The van der Waals surface area contributed by atoms with Gasteiger partial charge in [0, 0.05) is 12.2 Å². The van der Waals surface area contributed by atoms with Gasteiger partial charge in [-0.1, -0.05) is 18.2 Å². The summed E-state index contributed by atoms with van der Waals surface area (Å²) >= 11 is 0. The Hall–Kier alpha value is -1.35. The van der Waals surface area contributed by atoms with Gasteiger partial charge in [-0.3, -0.25) is 4.79 Å². The Balaban J connectivity index is 2.07. The summed E-state index contributed by atoms with van der Waals surface area (Å²) in [7, 11) is 0. The first-order valence-electron chi connectivity index (χ1n) is 6.26. The van der Waals surface area contributed by atoms with Crippen LogP contribution in [0.5, 0.6) is 0 Å². The molecule has 0 aliphatic carbocycles. The summed E-state index contributed by atoms with van der Waals surface area (Å²) in [6.45, 7) is 5.90. The quantitative estimate of drug-likeness (QED) is 0.821. The van der Waals surface area contributed by atoms with E-state index in [1.807, 2.05) is 32.0 Å². The van der Waals surface area contributed by atoms with Gasteiger partial charge in [0.2, 0.25) is 5.91 Å². The van der Waals surface area contributed by atoms with E-state index in [4.69, 9.17) is 0 Å². The zero-order chi connectivity index (χ0) is 12.3. The number of rotatable bonds is 2. The van der Waals surface area contributed by atoms with Crippen molar-refractivity contribution in [3.63, 3.8) is 0 Å². The highest BCUT2D eigenvalue weighted by Gasteiger charge is 2.21. The Morgan fingerprint density at radius 1 is 1.35 bits per heavy atom. The van der Waals surface area contributed by atoms with Crippen molar-refractivity contribution in [3.8, 4) is 0 Å². The van der Waals surface area contributed by atoms with Crippen LogP contribution in [-0.4, -0.2) is 19.0 Å². The van der Waals surface area contributed by atoms with Crippen LogP contribution in [0.1, 0.15) is 24.0 Å². The van der Waals surface area contributed by atoms with Crippen molar-refractivity contribution in [2.75, 3.05) is 18.4 Å². The Labute approximate surface area is 103 Å². The molecule has 1 aliphatic rings. The van der Waals surface area contributed by atoms with Gasteiger partial charge < -0.3 is 10.6 Å². The number of aryl methyl sites for hydroxylation is 2. The number of carbonyl (C=O) groups is 1. The fourth-order valence-corrected chi connectivity index (χ4v) is 2.31. The van der Waals surface area contributed by atoms with Gasteiger partial charge in [-0.05, 0) is 44.4 Å². The number of hydrogen-bond acceptors (Lipinski definition) is 2. The molecule has 0 radical (unpaired) electrons. The molecular formula is C14H20N2O. The van der Waals surface area contributed by atoms with Crippen molar-refractivity contribution in [2.24, 2.45) is 5.92 Å². The first kappa shape index (κ1) is 12.1. The van der Waals surface area contributed by atoms with Gasteiger partial charge in [-0.15, -0.1) is 0 Å². The van der Waals surface area contributed by atoms with Crippen molar-refractivity contribution in [3.05, 3.63) is 29.3 Å². The molecule has 0 saturated carbocycles. The number of carbonyl (C=O) groups excluding carboxylic acids is 1. The molecule has 0 bridgehead atoms. The normalized spacial score (nSPS) is 20.0. The molecule has 3 nitrogen and oxygen atoms in total. The summed E-state index contributed by atoms with van der Waals surface area (Å²) in [5.74, 6) is 0.261. The molecule has 92 valence electrons. The fourth-order valence-electron chi connectivity index (χ4n) is 2.31. The van der Waals surface area contributed by atoms with Crippen LogP contribution >= 0.6 is 0 Å². The smallest absolute Gasteiger partial charge is 0.228 e. The lowest BCUT2D eigenvalue weighted by atomic mass is 9.98. The minimum atomic E-state index is 0.114. The van der Waals surface area contributed by atoms with Crippen molar-refractivity contribution in [2.45, 2.75) is 26.7 Å². The van der Waals surface area contributed by atoms with Crippen LogP contribution in [0, 0.1) is 19.8 Å². The van der Waals surface area contributed by atoms with E-state index in [-0.39, 0.29) is 11.8 Å². The molecule has 1 saturated heterocycles. The molecule has 0 unspecified atom stereocenters. The predicted octanol–water partition coefficient (Wildman–Crippen LogP) is 2.24. The highest BCUT2D eigenvalue weighted by Crippen LogP contribution is 2.21. The first-order valence-corrected chi connectivity index (χ1v) is 6.26. The Bertz CT molecular complexity index is 388. The monoisotopic (exact) mass is 232 g/mol. The second kappa shape index (κ2) is 5.32. The fraction of sp³-hybridized carbons (Fsp3) is 0.500. The third kappa shape index (κ3) is 2.86. The lowest BCUT2D eigenvalue weighted by molar-refractivity contribution is -0.120. The topological polar surface area (TPSA) is 41.1 Å². The molecule has 1 amide bonds. The Morgan fingerprint density at radius 2 is 2.06 bits per heavy atom. The van der Waals surface area contributed by atoms with Crippen LogP contribution in [0.2, 0.25) is 0 Å². The molecule has 1 fully saturated rings. The summed E-state index contributed by atoms with van der Waals surface area (Å²) in [6.07, 6.45) is 2.08. The van der Waals surface area contributed by atoms with Crippen LogP contribution in [0.3, 0.4) is 0 Å². The average molecular weight is 232 g/mol. The second-order valence-corrected chi connectivity index (χ2v) is 4.80. The summed E-state index contributed by atoms with van der Waals surface area (Å²) in [6, 6.07) is 6.08. The van der Waals surface area contributed by atoms with E-state index in [0.717, 1.165) is 42.7 Å². The lowest BCUT2D eigenvalue weighted by Crippen LogP contribution is -2.37. The van der Waals surface area contributed by atoms with E-state index in [1.165, 1.54) is 0 Å². The SMILES string of the molecule is Cc1cccc(C)c1NC(=O)[C@H]1CCCNC1. The Morgan fingerprint density at radius 3 is 2.65 bits per heavy atom. The number of benzene rings is 1. The summed E-state index contributed by atoms with van der Waals surface area (Å²) in [4.78, 5) is 12.1. The van der Waals surface area contributed by atoms with E-state index >= 15 is 0 Å². The number of nitrogens with one attached hydrogen (secondary N) is 2. The first-order chi connectivity index (χ1) is 8.18. The van der Waals surface area contributed by atoms with Crippen LogP contribution < -0.4 is 10.6 Å². The van der Waals surface area contributed by atoms with Crippen LogP contribution in [-0.2, 0) is 4.79 Å². The molecule has 0 aromatic heterocycles. The number of amides is 1. The van der Waals surface area contributed by atoms with Gasteiger partial charge in [-0.25, -0.2) is 0 Å².